The van der Waals surface area contributed by atoms with Crippen LogP contribution in [-0.4, -0.2) is 11.6 Å². The molecule has 2 aromatic carbocycles. The second kappa shape index (κ2) is 4.44. The molecule has 0 aromatic heterocycles. The molecular formula is C22H22O2. The Kier molecular flexibility index (Phi) is 2.83. The van der Waals surface area contributed by atoms with Gasteiger partial charge in [-0.3, -0.25) is 9.59 Å². The van der Waals surface area contributed by atoms with Crippen LogP contribution in [0.4, 0.5) is 0 Å². The lowest BCUT2D eigenvalue weighted by atomic mass is 9.59. The molecule has 0 bridgehead atoms. The summed E-state index contributed by atoms with van der Waals surface area (Å²) in [6, 6.07) is 9.38. The van der Waals surface area contributed by atoms with Crippen LogP contribution in [0.1, 0.15) is 83.2 Å². The van der Waals surface area contributed by atoms with Crippen molar-refractivity contribution in [1.29, 1.82) is 0 Å². The summed E-state index contributed by atoms with van der Waals surface area (Å²) in [6.07, 6.45) is 0.960. The molecule has 0 spiro atoms. The number of hydrogen-bond acceptors (Lipinski definition) is 2. The fraction of sp³-hybridized carbons (Fsp3) is 0.364. The highest BCUT2D eigenvalue weighted by Gasteiger charge is 2.45. The smallest absolute Gasteiger partial charge is 0.194 e. The molecule has 0 radical (unpaired) electrons. The zero-order valence-corrected chi connectivity index (χ0v) is 14.9. The molecule has 24 heavy (non-hydrogen) atoms. The van der Waals surface area contributed by atoms with Crippen molar-refractivity contribution in [2.45, 2.75) is 51.9 Å². The molecule has 2 aromatic rings. The summed E-state index contributed by atoms with van der Waals surface area (Å²) in [6.45, 7) is 10.6. The lowest BCUT2D eigenvalue weighted by Gasteiger charge is -2.43. The van der Waals surface area contributed by atoms with Crippen LogP contribution in [0, 0.1) is 0 Å². The highest BCUT2D eigenvalue weighted by molar-refractivity contribution is 6.29. The van der Waals surface area contributed by atoms with E-state index in [1.807, 2.05) is 12.1 Å². The second-order valence-electron chi connectivity index (χ2n) is 8.72. The van der Waals surface area contributed by atoms with Gasteiger partial charge in [0.2, 0.25) is 0 Å². The Balaban J connectivity index is 2.13. The predicted molar refractivity (Wildman–Crippen MR) is 95.2 cm³/mol. The van der Waals surface area contributed by atoms with E-state index in [2.05, 4.69) is 40.7 Å². The van der Waals surface area contributed by atoms with Crippen molar-refractivity contribution in [2.75, 3.05) is 0 Å². The third-order valence-electron chi connectivity index (χ3n) is 5.40. The van der Waals surface area contributed by atoms with Gasteiger partial charge in [-0.25, -0.2) is 0 Å². The molecule has 0 heterocycles. The SMILES string of the molecule is CC(C)(C)c1cc2c(c3c1C(=O)c1ccccc1C3=O)C(C)(C)C2. The summed E-state index contributed by atoms with van der Waals surface area (Å²) in [4.78, 5) is 26.5. The quantitative estimate of drug-likeness (QED) is 0.607. The van der Waals surface area contributed by atoms with Crippen molar-refractivity contribution in [1.82, 2.24) is 0 Å². The van der Waals surface area contributed by atoms with Gasteiger partial charge in [0.1, 0.15) is 0 Å². The first-order valence-electron chi connectivity index (χ1n) is 8.52. The molecule has 2 nitrogen and oxygen atoms in total. The summed E-state index contributed by atoms with van der Waals surface area (Å²) in [5.41, 5.74) is 5.47. The van der Waals surface area contributed by atoms with Gasteiger partial charge >= 0.3 is 0 Å². The van der Waals surface area contributed by atoms with Crippen LogP contribution >= 0.6 is 0 Å². The van der Waals surface area contributed by atoms with Crippen LogP contribution in [0.5, 0.6) is 0 Å². The molecule has 2 heteroatoms. The van der Waals surface area contributed by atoms with E-state index in [-0.39, 0.29) is 22.4 Å². The van der Waals surface area contributed by atoms with Crippen molar-refractivity contribution in [3.8, 4) is 0 Å². The number of carbonyl (C=O) groups excluding carboxylic acids is 2. The van der Waals surface area contributed by atoms with Crippen molar-refractivity contribution < 1.29 is 9.59 Å². The van der Waals surface area contributed by atoms with Gasteiger partial charge in [-0.2, -0.15) is 0 Å². The molecule has 0 atom stereocenters. The van der Waals surface area contributed by atoms with Crippen molar-refractivity contribution >= 4 is 11.6 Å². The monoisotopic (exact) mass is 318 g/mol. The van der Waals surface area contributed by atoms with Gasteiger partial charge in [0, 0.05) is 22.3 Å². The third-order valence-corrected chi connectivity index (χ3v) is 5.40. The maximum Gasteiger partial charge on any atom is 0.194 e. The van der Waals surface area contributed by atoms with E-state index in [0.29, 0.717) is 22.3 Å². The first-order valence-corrected chi connectivity index (χ1v) is 8.52. The highest BCUT2D eigenvalue weighted by atomic mass is 16.1. The first-order chi connectivity index (χ1) is 11.1. The Hall–Kier alpha value is -2.22. The predicted octanol–water partition coefficient (Wildman–Crippen LogP) is 4.59. The van der Waals surface area contributed by atoms with E-state index in [9.17, 15) is 9.59 Å². The Morgan fingerprint density at radius 1 is 0.917 bits per heavy atom. The normalized spacial score (nSPS) is 17.7. The van der Waals surface area contributed by atoms with E-state index in [4.69, 9.17) is 0 Å². The Morgan fingerprint density at radius 3 is 1.96 bits per heavy atom. The summed E-state index contributed by atoms with van der Waals surface area (Å²) in [7, 11) is 0. The van der Waals surface area contributed by atoms with Crippen LogP contribution in [0.3, 0.4) is 0 Å². The lowest BCUT2D eigenvalue weighted by Crippen LogP contribution is -2.39. The second-order valence-corrected chi connectivity index (χ2v) is 8.72. The summed E-state index contributed by atoms with van der Waals surface area (Å²) >= 11 is 0. The number of carbonyl (C=O) groups is 2. The van der Waals surface area contributed by atoms with Gasteiger partial charge in [-0.05, 0) is 33.9 Å². The molecular weight excluding hydrogens is 296 g/mol. The van der Waals surface area contributed by atoms with Crippen molar-refractivity contribution in [3.05, 3.63) is 69.3 Å². The molecule has 0 N–H and O–H groups in total. The fourth-order valence-corrected chi connectivity index (χ4v) is 4.31. The standard InChI is InChI=1S/C22H22O2/c1-21(2,3)15-10-12-11-22(4,5)18(12)17-16(15)19(23)13-8-6-7-9-14(13)20(17)24/h6-10H,11H2,1-5H3. The Morgan fingerprint density at radius 2 is 1.46 bits per heavy atom. The average Bonchev–Trinajstić information content (AvgIpc) is 2.49. The van der Waals surface area contributed by atoms with Gasteiger partial charge in [0.05, 0.1) is 0 Å². The van der Waals surface area contributed by atoms with Crippen LogP contribution in [0.2, 0.25) is 0 Å². The molecule has 0 saturated heterocycles. The van der Waals surface area contributed by atoms with Crippen LogP contribution in [0.25, 0.3) is 0 Å². The molecule has 122 valence electrons. The zero-order chi connectivity index (χ0) is 17.4. The molecule has 0 unspecified atom stereocenters. The molecule has 2 aliphatic carbocycles. The van der Waals surface area contributed by atoms with E-state index < -0.39 is 0 Å². The van der Waals surface area contributed by atoms with Crippen molar-refractivity contribution in [2.24, 2.45) is 0 Å². The molecule has 0 fully saturated rings. The Bertz CT molecular complexity index is 924. The number of fused-ring (bicyclic) bond motifs is 4. The summed E-state index contributed by atoms with van der Waals surface area (Å²) in [5, 5.41) is 0. The van der Waals surface area contributed by atoms with E-state index in [1.54, 1.807) is 12.1 Å². The van der Waals surface area contributed by atoms with Gasteiger partial charge < -0.3 is 0 Å². The largest absolute Gasteiger partial charge is 0.289 e. The Labute approximate surface area is 142 Å². The third kappa shape index (κ3) is 1.83. The highest BCUT2D eigenvalue weighted by Crippen LogP contribution is 2.49. The van der Waals surface area contributed by atoms with Crippen LogP contribution in [0.15, 0.2) is 30.3 Å². The minimum absolute atomic E-state index is 0.00405. The topological polar surface area (TPSA) is 34.1 Å². The number of benzene rings is 2. The van der Waals surface area contributed by atoms with E-state index in [1.165, 1.54) is 5.56 Å². The first kappa shape index (κ1) is 15.3. The number of ketones is 2. The lowest BCUT2D eigenvalue weighted by molar-refractivity contribution is 0.0974. The number of rotatable bonds is 0. The average molecular weight is 318 g/mol. The maximum atomic E-state index is 13.3. The van der Waals surface area contributed by atoms with E-state index in [0.717, 1.165) is 17.5 Å². The summed E-state index contributed by atoms with van der Waals surface area (Å²) < 4.78 is 0. The van der Waals surface area contributed by atoms with Crippen molar-refractivity contribution in [3.63, 3.8) is 0 Å². The van der Waals surface area contributed by atoms with Gasteiger partial charge in [0.15, 0.2) is 11.6 Å². The van der Waals surface area contributed by atoms with Gasteiger partial charge in [0.25, 0.3) is 0 Å². The molecule has 0 saturated carbocycles. The minimum atomic E-state index is -0.179. The van der Waals surface area contributed by atoms with Crippen LogP contribution in [-0.2, 0) is 17.3 Å². The fourth-order valence-electron chi connectivity index (χ4n) is 4.31. The summed E-state index contributed by atoms with van der Waals surface area (Å²) in [5.74, 6) is 0.00551. The minimum Gasteiger partial charge on any atom is -0.289 e. The maximum absolute atomic E-state index is 13.3. The zero-order valence-electron chi connectivity index (χ0n) is 14.9. The van der Waals surface area contributed by atoms with Crippen LogP contribution < -0.4 is 0 Å². The van der Waals surface area contributed by atoms with Gasteiger partial charge in [-0.1, -0.05) is 65.0 Å². The van der Waals surface area contributed by atoms with Gasteiger partial charge in [-0.15, -0.1) is 0 Å². The molecule has 0 amide bonds. The molecule has 0 aliphatic heterocycles. The molecule has 2 aliphatic rings. The molecule has 4 rings (SSSR count). The number of hydrogen-bond donors (Lipinski definition) is 0. The van der Waals surface area contributed by atoms with E-state index >= 15 is 0 Å².